The first-order valence-corrected chi connectivity index (χ1v) is 14.0. The van der Waals surface area contributed by atoms with E-state index in [1.54, 1.807) is 12.5 Å². The lowest BCUT2D eigenvalue weighted by atomic mass is 9.91. The molecule has 2 aromatic carbocycles. The molecule has 2 atom stereocenters. The summed E-state index contributed by atoms with van der Waals surface area (Å²) in [5.74, 6) is 0.279. The fourth-order valence-electron chi connectivity index (χ4n) is 5.40. The molecule has 2 fully saturated rings. The van der Waals surface area contributed by atoms with Gasteiger partial charge in [0.05, 0.1) is 23.5 Å². The number of benzene rings is 2. The number of anilines is 2. The number of aromatic nitrogens is 1. The quantitative estimate of drug-likeness (QED) is 0.449. The van der Waals surface area contributed by atoms with E-state index in [2.05, 4.69) is 26.7 Å². The highest BCUT2D eigenvalue weighted by Crippen LogP contribution is 2.49. The Hall–Kier alpha value is -2.40. The van der Waals surface area contributed by atoms with E-state index in [1.165, 1.54) is 23.9 Å². The lowest BCUT2D eigenvalue weighted by Gasteiger charge is -2.43. The molecule has 3 aromatic rings. The van der Waals surface area contributed by atoms with E-state index in [4.69, 9.17) is 16.3 Å². The van der Waals surface area contributed by atoms with E-state index in [9.17, 15) is 8.42 Å². The lowest BCUT2D eigenvalue weighted by molar-refractivity contribution is 0.194. The van der Waals surface area contributed by atoms with E-state index >= 15 is 4.39 Å². The zero-order valence-electron chi connectivity index (χ0n) is 19.4. The molecule has 0 radical (unpaired) electrons. The SMILES string of the molecule is COc1ccc([C@H]2CN3CCC[C@@]3(N(C)c3cc(F)c(S(=O)(=O)Nc4nccs4)cc3Cl)C2)cc1. The first-order valence-electron chi connectivity index (χ1n) is 11.3. The van der Waals surface area contributed by atoms with Crippen LogP contribution in [0, 0.1) is 5.82 Å². The highest BCUT2D eigenvalue weighted by Gasteiger charge is 2.51. The van der Waals surface area contributed by atoms with Crippen LogP contribution in [-0.2, 0) is 10.0 Å². The highest BCUT2D eigenvalue weighted by molar-refractivity contribution is 7.93. The Morgan fingerprint density at radius 1 is 1.31 bits per heavy atom. The second kappa shape index (κ2) is 9.24. The molecule has 5 rings (SSSR count). The molecule has 0 spiro atoms. The van der Waals surface area contributed by atoms with Gasteiger partial charge in [-0.3, -0.25) is 9.62 Å². The maximum absolute atomic E-state index is 15.2. The summed E-state index contributed by atoms with van der Waals surface area (Å²) in [6.07, 6.45) is 4.28. The van der Waals surface area contributed by atoms with Crippen LogP contribution < -0.4 is 14.4 Å². The number of hydrogen-bond acceptors (Lipinski definition) is 7. The van der Waals surface area contributed by atoms with Crippen LogP contribution in [0.4, 0.5) is 15.2 Å². The van der Waals surface area contributed by atoms with E-state index < -0.39 is 20.7 Å². The third kappa shape index (κ3) is 4.37. The van der Waals surface area contributed by atoms with Gasteiger partial charge in [0.15, 0.2) is 5.13 Å². The van der Waals surface area contributed by atoms with Crippen molar-refractivity contribution in [3.05, 3.63) is 64.4 Å². The van der Waals surface area contributed by atoms with E-state index in [0.29, 0.717) is 11.6 Å². The first kappa shape index (κ1) is 24.3. The van der Waals surface area contributed by atoms with Gasteiger partial charge in [-0.05, 0) is 43.0 Å². The van der Waals surface area contributed by atoms with Crippen LogP contribution in [0.1, 0.15) is 30.7 Å². The zero-order valence-corrected chi connectivity index (χ0v) is 21.8. The van der Waals surface area contributed by atoms with Gasteiger partial charge >= 0.3 is 0 Å². The standard InChI is InChI=1S/C24H26ClFN4O3S2/c1-29(21-13-20(26)22(12-19(21)25)35(31,32)28-23-27-9-11-34-23)24-8-3-10-30(24)15-17(14-24)16-4-6-18(33-2)7-5-16/h4-7,9,11-13,17H,3,8,10,14-15H2,1-2H3,(H,27,28)/t17-,24+/m1/s1. The van der Waals surface area contributed by atoms with Gasteiger partial charge in [0.25, 0.3) is 10.0 Å². The topological polar surface area (TPSA) is 74.8 Å². The van der Waals surface area contributed by atoms with Crippen molar-refractivity contribution >= 4 is 43.8 Å². The summed E-state index contributed by atoms with van der Waals surface area (Å²) < 4.78 is 48.3. The summed E-state index contributed by atoms with van der Waals surface area (Å²) in [6, 6.07) is 10.6. The van der Waals surface area contributed by atoms with Crippen molar-refractivity contribution in [3.8, 4) is 5.75 Å². The number of nitrogens with zero attached hydrogens (tertiary/aromatic N) is 3. The van der Waals surface area contributed by atoms with Crippen LogP contribution in [0.15, 0.2) is 52.9 Å². The molecule has 2 aliphatic rings. The van der Waals surface area contributed by atoms with Crippen LogP contribution in [0.2, 0.25) is 5.02 Å². The largest absolute Gasteiger partial charge is 0.497 e. The third-order valence-corrected chi connectivity index (χ3v) is 9.60. The molecule has 35 heavy (non-hydrogen) atoms. The van der Waals surface area contributed by atoms with E-state index in [-0.39, 0.29) is 15.8 Å². The Kier molecular flexibility index (Phi) is 6.41. The van der Waals surface area contributed by atoms with Crippen LogP contribution >= 0.6 is 22.9 Å². The number of sulfonamides is 1. The maximum Gasteiger partial charge on any atom is 0.266 e. The molecular weight excluding hydrogens is 511 g/mol. The molecular formula is C24H26ClFN4O3S2. The number of halogens is 2. The van der Waals surface area contributed by atoms with Crippen molar-refractivity contribution in [2.75, 3.05) is 36.9 Å². The number of thiazole rings is 1. The Labute approximate surface area is 213 Å². The summed E-state index contributed by atoms with van der Waals surface area (Å²) in [5, 5.41) is 1.98. The van der Waals surface area contributed by atoms with Gasteiger partial charge in [0, 0.05) is 43.7 Å². The average molecular weight is 537 g/mol. The van der Waals surface area contributed by atoms with Gasteiger partial charge in [-0.1, -0.05) is 23.7 Å². The molecule has 186 valence electrons. The highest BCUT2D eigenvalue weighted by atomic mass is 35.5. The summed E-state index contributed by atoms with van der Waals surface area (Å²) in [7, 11) is -0.602. The van der Waals surface area contributed by atoms with Crippen molar-refractivity contribution in [1.82, 2.24) is 9.88 Å². The summed E-state index contributed by atoms with van der Waals surface area (Å²) in [6.45, 7) is 1.84. The Morgan fingerprint density at radius 2 is 2.09 bits per heavy atom. The third-order valence-electron chi connectivity index (χ3n) is 7.13. The maximum atomic E-state index is 15.2. The van der Waals surface area contributed by atoms with Gasteiger partial charge in [-0.2, -0.15) is 0 Å². The fraction of sp³-hybridized carbons (Fsp3) is 0.375. The number of hydrogen-bond donors (Lipinski definition) is 1. The molecule has 2 aliphatic heterocycles. The summed E-state index contributed by atoms with van der Waals surface area (Å²) in [4.78, 5) is 7.87. The molecule has 7 nitrogen and oxygen atoms in total. The minimum atomic E-state index is -4.17. The van der Waals surface area contributed by atoms with Crippen molar-refractivity contribution in [3.63, 3.8) is 0 Å². The minimum absolute atomic E-state index is 0.165. The Bertz CT molecular complexity index is 1320. The second-order valence-electron chi connectivity index (χ2n) is 8.94. The smallest absolute Gasteiger partial charge is 0.266 e. The van der Waals surface area contributed by atoms with E-state index in [1.807, 2.05) is 24.1 Å². The molecule has 2 saturated heterocycles. The van der Waals surface area contributed by atoms with Crippen LogP contribution in [0.25, 0.3) is 0 Å². The summed E-state index contributed by atoms with van der Waals surface area (Å²) >= 11 is 7.70. The minimum Gasteiger partial charge on any atom is -0.497 e. The predicted octanol–water partition coefficient (Wildman–Crippen LogP) is 5.16. The number of rotatable bonds is 7. The van der Waals surface area contributed by atoms with Gasteiger partial charge in [-0.15, -0.1) is 11.3 Å². The Balaban J connectivity index is 1.44. The molecule has 1 N–H and O–H groups in total. The van der Waals surface area contributed by atoms with Gasteiger partial charge in [0.2, 0.25) is 0 Å². The van der Waals surface area contributed by atoms with Gasteiger partial charge < -0.3 is 9.64 Å². The lowest BCUT2D eigenvalue weighted by Crippen LogP contribution is -2.52. The van der Waals surface area contributed by atoms with Crippen LogP contribution in [0.3, 0.4) is 0 Å². The van der Waals surface area contributed by atoms with Gasteiger partial charge in [-0.25, -0.2) is 17.8 Å². The van der Waals surface area contributed by atoms with Crippen LogP contribution in [0.5, 0.6) is 5.75 Å². The fourth-order valence-corrected chi connectivity index (χ4v) is 7.63. The number of nitrogens with one attached hydrogen (secondary N) is 1. The van der Waals surface area contributed by atoms with Crippen molar-refractivity contribution in [2.24, 2.45) is 0 Å². The predicted molar refractivity (Wildman–Crippen MR) is 137 cm³/mol. The number of ether oxygens (including phenoxy) is 1. The first-order chi connectivity index (χ1) is 16.7. The molecule has 0 amide bonds. The number of fused-ring (bicyclic) bond motifs is 1. The molecule has 0 unspecified atom stereocenters. The van der Waals surface area contributed by atoms with E-state index in [0.717, 1.165) is 49.4 Å². The van der Waals surface area contributed by atoms with Crippen molar-refractivity contribution in [2.45, 2.75) is 35.7 Å². The molecule has 1 aromatic heterocycles. The average Bonchev–Trinajstić information content (AvgIpc) is 3.56. The molecule has 0 saturated carbocycles. The van der Waals surface area contributed by atoms with Crippen molar-refractivity contribution < 1.29 is 17.5 Å². The summed E-state index contributed by atoms with van der Waals surface area (Å²) in [5.41, 5.74) is 1.39. The normalized spacial score (nSPS) is 22.2. The number of methoxy groups -OCH3 is 1. The van der Waals surface area contributed by atoms with Crippen molar-refractivity contribution in [1.29, 1.82) is 0 Å². The van der Waals surface area contributed by atoms with Gasteiger partial charge in [0.1, 0.15) is 16.5 Å². The molecule has 0 bridgehead atoms. The van der Waals surface area contributed by atoms with Crippen LogP contribution in [-0.4, -0.2) is 51.2 Å². The zero-order chi connectivity index (χ0) is 24.8. The Morgan fingerprint density at radius 3 is 2.77 bits per heavy atom. The monoisotopic (exact) mass is 536 g/mol. The molecule has 0 aliphatic carbocycles. The second-order valence-corrected chi connectivity index (χ2v) is 11.9. The molecule has 3 heterocycles. The molecule has 11 heteroatoms.